The van der Waals surface area contributed by atoms with Crippen LogP contribution in [0.5, 0.6) is 0 Å². The molecule has 0 radical (unpaired) electrons. The first kappa shape index (κ1) is 20.3. The molecule has 1 amide bonds. The third-order valence-corrected chi connectivity index (χ3v) is 5.84. The number of aryl methyl sites for hydroxylation is 1. The van der Waals surface area contributed by atoms with E-state index in [0.717, 1.165) is 16.5 Å². The van der Waals surface area contributed by atoms with Gasteiger partial charge in [-0.15, -0.1) is 0 Å². The molecular formula is C25H23FN4O2. The van der Waals surface area contributed by atoms with Gasteiger partial charge in [0.25, 0.3) is 0 Å². The van der Waals surface area contributed by atoms with E-state index in [0.29, 0.717) is 49.5 Å². The fourth-order valence-corrected chi connectivity index (χ4v) is 4.13. The van der Waals surface area contributed by atoms with Crippen molar-refractivity contribution >= 4 is 16.8 Å². The molecule has 0 bridgehead atoms. The summed E-state index contributed by atoms with van der Waals surface area (Å²) in [6, 6.07) is 14.6. The minimum absolute atomic E-state index is 0.0850. The van der Waals surface area contributed by atoms with Crippen LogP contribution in [0.25, 0.3) is 22.2 Å². The van der Waals surface area contributed by atoms with Gasteiger partial charge >= 0.3 is 0 Å². The van der Waals surface area contributed by atoms with Crippen LogP contribution >= 0.6 is 0 Å². The number of benzene rings is 2. The van der Waals surface area contributed by atoms with Crippen molar-refractivity contribution in [2.45, 2.75) is 18.9 Å². The zero-order valence-corrected chi connectivity index (χ0v) is 17.5. The Morgan fingerprint density at radius 3 is 2.91 bits per heavy atom. The number of ether oxygens (including phenoxy) is 1. The number of H-pyrrole nitrogens is 1. The van der Waals surface area contributed by atoms with Gasteiger partial charge in [0.15, 0.2) is 0 Å². The Balaban J connectivity index is 1.27. The lowest BCUT2D eigenvalue weighted by atomic mass is 10.1. The van der Waals surface area contributed by atoms with Gasteiger partial charge in [-0.2, -0.15) is 0 Å². The first-order valence-electron chi connectivity index (χ1n) is 10.7. The van der Waals surface area contributed by atoms with Crippen LogP contribution in [0, 0.1) is 5.82 Å². The minimum Gasteiger partial charge on any atom is -0.368 e. The number of aromatic amines is 1. The highest BCUT2D eigenvalue weighted by atomic mass is 19.1. The van der Waals surface area contributed by atoms with Crippen molar-refractivity contribution in [3.63, 3.8) is 0 Å². The van der Waals surface area contributed by atoms with E-state index in [9.17, 15) is 9.18 Å². The van der Waals surface area contributed by atoms with E-state index < -0.39 is 0 Å². The van der Waals surface area contributed by atoms with Gasteiger partial charge in [-0.05, 0) is 30.2 Å². The lowest BCUT2D eigenvalue weighted by Gasteiger charge is -2.32. The van der Waals surface area contributed by atoms with Crippen molar-refractivity contribution < 1.29 is 13.9 Å². The van der Waals surface area contributed by atoms with Crippen LogP contribution in [0.3, 0.4) is 0 Å². The molecule has 0 saturated carbocycles. The predicted molar refractivity (Wildman–Crippen MR) is 119 cm³/mol. The molecule has 3 heterocycles. The van der Waals surface area contributed by atoms with E-state index in [1.807, 2.05) is 29.3 Å². The van der Waals surface area contributed by atoms with Crippen LogP contribution in [-0.2, 0) is 16.0 Å². The molecule has 4 aromatic rings. The maximum Gasteiger partial charge on any atom is 0.223 e. The van der Waals surface area contributed by atoms with Crippen molar-refractivity contribution in [3.8, 4) is 11.3 Å². The van der Waals surface area contributed by atoms with Gasteiger partial charge in [0.05, 0.1) is 36.9 Å². The Bertz CT molecular complexity index is 1260. The summed E-state index contributed by atoms with van der Waals surface area (Å²) in [5.41, 5.74) is 3.66. The summed E-state index contributed by atoms with van der Waals surface area (Å²) in [4.78, 5) is 26.8. The largest absolute Gasteiger partial charge is 0.368 e. The predicted octanol–water partition coefficient (Wildman–Crippen LogP) is 4.30. The summed E-state index contributed by atoms with van der Waals surface area (Å²) in [5, 5.41) is 1.15. The molecule has 1 unspecified atom stereocenters. The maximum absolute atomic E-state index is 14.2. The number of rotatable bonds is 5. The van der Waals surface area contributed by atoms with Gasteiger partial charge in [-0.25, -0.2) is 9.37 Å². The molecule has 6 nitrogen and oxygen atoms in total. The number of carbonyl (C=O) groups excluding carboxylic acids is 1. The van der Waals surface area contributed by atoms with E-state index in [-0.39, 0.29) is 17.8 Å². The Hall–Kier alpha value is -3.58. The van der Waals surface area contributed by atoms with Crippen LogP contribution in [0.4, 0.5) is 4.39 Å². The third-order valence-electron chi connectivity index (χ3n) is 5.84. The van der Waals surface area contributed by atoms with Crippen molar-refractivity contribution in [2.24, 2.45) is 0 Å². The molecule has 2 aromatic heterocycles. The van der Waals surface area contributed by atoms with Gasteiger partial charge in [-0.3, -0.25) is 9.78 Å². The smallest absolute Gasteiger partial charge is 0.223 e. The van der Waals surface area contributed by atoms with E-state index in [1.165, 1.54) is 12.3 Å². The summed E-state index contributed by atoms with van der Waals surface area (Å²) in [5.74, 6) is -0.264. The first-order valence-corrected chi connectivity index (χ1v) is 10.7. The molecule has 5 rings (SSSR count). The number of nitrogens with zero attached hydrogens (tertiary/aromatic N) is 3. The molecule has 32 heavy (non-hydrogen) atoms. The van der Waals surface area contributed by atoms with Gasteiger partial charge in [0.1, 0.15) is 11.9 Å². The number of halogens is 1. The van der Waals surface area contributed by atoms with E-state index in [4.69, 9.17) is 4.74 Å². The molecule has 7 heteroatoms. The Labute approximate surface area is 185 Å². The number of fused-ring (bicyclic) bond motifs is 1. The van der Waals surface area contributed by atoms with Gasteiger partial charge in [0, 0.05) is 35.6 Å². The second-order valence-electron chi connectivity index (χ2n) is 7.87. The molecule has 1 N–H and O–H groups in total. The highest BCUT2D eigenvalue weighted by Gasteiger charge is 2.27. The molecule has 1 atom stereocenters. The number of hydrogen-bond donors (Lipinski definition) is 1. The van der Waals surface area contributed by atoms with E-state index in [2.05, 4.69) is 21.0 Å². The summed E-state index contributed by atoms with van der Waals surface area (Å²) in [6.45, 7) is 1.38. The number of nitrogens with one attached hydrogen (secondary N) is 1. The van der Waals surface area contributed by atoms with Crippen molar-refractivity contribution in [1.82, 2.24) is 19.9 Å². The van der Waals surface area contributed by atoms with Gasteiger partial charge in [0.2, 0.25) is 5.91 Å². The summed E-state index contributed by atoms with van der Waals surface area (Å²) in [7, 11) is 0. The maximum atomic E-state index is 14.2. The number of morpholine rings is 1. The molecule has 1 aliphatic rings. The second-order valence-corrected chi connectivity index (χ2v) is 7.87. The number of amides is 1. The van der Waals surface area contributed by atoms with E-state index in [1.54, 1.807) is 24.4 Å². The number of hydrogen-bond acceptors (Lipinski definition) is 4. The fourth-order valence-electron chi connectivity index (χ4n) is 4.13. The third kappa shape index (κ3) is 4.11. The Morgan fingerprint density at radius 2 is 2.00 bits per heavy atom. The standard InChI is InChI=1S/C25H23FN4O2/c26-20-7-3-1-6-19(20)22-14-27-15-23(29-22)24-16-30(11-12-32-24)25(31)10-9-17-13-28-21-8-4-2-5-18(17)21/h1-8,13-15,24,28H,9-12,16H2. The normalized spacial score (nSPS) is 16.4. The molecule has 1 saturated heterocycles. The zero-order chi connectivity index (χ0) is 21.9. The number of carbonyl (C=O) groups is 1. The van der Waals surface area contributed by atoms with Crippen molar-refractivity contribution in [1.29, 1.82) is 0 Å². The highest BCUT2D eigenvalue weighted by molar-refractivity contribution is 5.84. The fraction of sp³-hybridized carbons (Fsp3) is 0.240. The zero-order valence-electron chi connectivity index (χ0n) is 17.5. The molecule has 1 fully saturated rings. The molecule has 162 valence electrons. The van der Waals surface area contributed by atoms with Crippen LogP contribution in [0.2, 0.25) is 0 Å². The van der Waals surface area contributed by atoms with Crippen molar-refractivity contribution in [2.75, 3.05) is 19.7 Å². The molecular weight excluding hydrogens is 407 g/mol. The monoisotopic (exact) mass is 430 g/mol. The summed E-state index contributed by atoms with van der Waals surface area (Å²) >= 11 is 0. The Morgan fingerprint density at radius 1 is 1.16 bits per heavy atom. The molecule has 2 aromatic carbocycles. The quantitative estimate of drug-likeness (QED) is 0.513. The second kappa shape index (κ2) is 8.88. The lowest BCUT2D eigenvalue weighted by Crippen LogP contribution is -2.42. The van der Waals surface area contributed by atoms with E-state index >= 15 is 0 Å². The number of aromatic nitrogens is 3. The van der Waals surface area contributed by atoms with Crippen LogP contribution in [-0.4, -0.2) is 45.5 Å². The van der Waals surface area contributed by atoms with Gasteiger partial charge < -0.3 is 14.6 Å². The average molecular weight is 430 g/mol. The van der Waals surface area contributed by atoms with Gasteiger partial charge in [-0.1, -0.05) is 30.3 Å². The lowest BCUT2D eigenvalue weighted by molar-refractivity contribution is -0.139. The summed E-state index contributed by atoms with van der Waals surface area (Å²) in [6.07, 6.45) is 5.84. The Kier molecular flexibility index (Phi) is 5.64. The number of para-hydroxylation sites is 1. The molecule has 0 spiro atoms. The first-order chi connectivity index (χ1) is 15.7. The van der Waals surface area contributed by atoms with Crippen LogP contribution < -0.4 is 0 Å². The van der Waals surface area contributed by atoms with Crippen LogP contribution in [0.15, 0.2) is 67.1 Å². The minimum atomic E-state index is -0.389. The van der Waals surface area contributed by atoms with Crippen LogP contribution in [0.1, 0.15) is 23.8 Å². The topological polar surface area (TPSA) is 71.1 Å². The van der Waals surface area contributed by atoms with Crippen molar-refractivity contribution in [3.05, 3.63) is 84.2 Å². The highest BCUT2D eigenvalue weighted by Crippen LogP contribution is 2.25. The SMILES string of the molecule is O=C(CCc1c[nH]c2ccccc12)N1CCOC(c2cncc(-c3ccccc3F)n2)C1. The average Bonchev–Trinajstić information content (AvgIpc) is 3.26. The summed E-state index contributed by atoms with van der Waals surface area (Å²) < 4.78 is 20.0. The molecule has 1 aliphatic heterocycles. The molecule has 0 aliphatic carbocycles.